The molecule has 2 aromatic heterocycles. The fourth-order valence-electron chi connectivity index (χ4n) is 3.52. The van der Waals surface area contributed by atoms with Crippen molar-refractivity contribution in [2.75, 3.05) is 5.73 Å². The Kier molecular flexibility index (Phi) is 5.37. The Morgan fingerprint density at radius 1 is 1.29 bits per heavy atom. The van der Waals surface area contributed by atoms with E-state index in [4.69, 9.17) is 16.2 Å². The molecular weight excluding hydrogens is 409 g/mol. The lowest BCUT2D eigenvalue weighted by Gasteiger charge is -2.22. The molecule has 1 unspecified atom stereocenters. The van der Waals surface area contributed by atoms with Gasteiger partial charge in [-0.15, -0.1) is 0 Å². The summed E-state index contributed by atoms with van der Waals surface area (Å²) in [7, 11) is 0. The number of aromatic nitrogens is 3. The van der Waals surface area contributed by atoms with Crippen LogP contribution in [0.15, 0.2) is 59.6 Å². The Hall–Kier alpha value is -3.82. The van der Waals surface area contributed by atoms with Gasteiger partial charge in [0, 0.05) is 47.1 Å². The molecule has 1 aliphatic rings. The molecule has 31 heavy (non-hydrogen) atoms. The number of hydrogen-bond acceptors (Lipinski definition) is 6. The van der Waals surface area contributed by atoms with Crippen LogP contribution in [0, 0.1) is 5.82 Å². The van der Waals surface area contributed by atoms with Crippen molar-refractivity contribution in [1.82, 2.24) is 14.5 Å². The molecule has 10 heteroatoms. The summed E-state index contributed by atoms with van der Waals surface area (Å²) in [6.45, 7) is -1.14. The predicted molar refractivity (Wildman–Crippen MR) is 110 cm³/mol. The zero-order valence-corrected chi connectivity index (χ0v) is 16.5. The van der Waals surface area contributed by atoms with Crippen molar-refractivity contribution in [2.45, 2.75) is 26.1 Å². The summed E-state index contributed by atoms with van der Waals surface area (Å²) >= 11 is 0. The zero-order chi connectivity index (χ0) is 22.1. The van der Waals surface area contributed by atoms with Crippen LogP contribution in [0.1, 0.15) is 24.2 Å². The molecular formula is C21H19F3N6O. The summed E-state index contributed by atoms with van der Waals surface area (Å²) in [5.74, 6) is 0.272. The molecule has 0 aliphatic carbocycles. The number of nitrogens with zero attached hydrogens (tertiary/aromatic N) is 4. The Bertz CT molecular complexity index is 1190. The van der Waals surface area contributed by atoms with Crippen molar-refractivity contribution in [3.8, 4) is 17.1 Å². The Morgan fingerprint density at radius 3 is 2.84 bits per heavy atom. The van der Waals surface area contributed by atoms with Crippen LogP contribution in [-0.2, 0) is 6.54 Å². The predicted octanol–water partition coefficient (Wildman–Crippen LogP) is 3.67. The van der Waals surface area contributed by atoms with E-state index in [1.807, 2.05) is 0 Å². The number of nitrogen functional groups attached to an aromatic ring is 1. The maximum atomic E-state index is 14.1. The van der Waals surface area contributed by atoms with Crippen LogP contribution >= 0.6 is 0 Å². The molecule has 0 saturated heterocycles. The number of anilines is 1. The number of ether oxygens (including phenoxy) is 1. The first-order valence-corrected chi connectivity index (χ1v) is 9.38. The van der Waals surface area contributed by atoms with Crippen LogP contribution in [0.25, 0.3) is 11.4 Å². The minimum atomic E-state index is -2.97. The van der Waals surface area contributed by atoms with Crippen molar-refractivity contribution in [1.29, 1.82) is 0 Å². The van der Waals surface area contributed by atoms with Crippen LogP contribution in [0.5, 0.6) is 5.75 Å². The first-order valence-electron chi connectivity index (χ1n) is 9.38. The number of fused-ring (bicyclic) bond motifs is 5. The summed E-state index contributed by atoms with van der Waals surface area (Å²) in [6.07, 6.45) is 5.13. The van der Waals surface area contributed by atoms with Crippen LogP contribution < -0.4 is 16.2 Å². The average Bonchev–Trinajstić information content (AvgIpc) is 3.19. The molecule has 2 bridgehead atoms. The van der Waals surface area contributed by atoms with E-state index in [1.165, 1.54) is 30.6 Å². The Labute approximate surface area is 175 Å². The van der Waals surface area contributed by atoms with E-state index in [1.54, 1.807) is 30.0 Å². The van der Waals surface area contributed by atoms with Gasteiger partial charge < -0.3 is 20.8 Å². The van der Waals surface area contributed by atoms with Gasteiger partial charge in [-0.2, -0.15) is 8.78 Å². The number of alkyl halides is 2. The van der Waals surface area contributed by atoms with Crippen LogP contribution in [0.2, 0.25) is 0 Å². The van der Waals surface area contributed by atoms with Gasteiger partial charge >= 0.3 is 6.55 Å². The first kappa shape index (κ1) is 20.5. The number of benzene rings is 1. The van der Waals surface area contributed by atoms with Gasteiger partial charge in [0.25, 0.3) is 0 Å². The third kappa shape index (κ3) is 3.96. The van der Waals surface area contributed by atoms with E-state index in [9.17, 15) is 13.2 Å². The fourth-order valence-corrected chi connectivity index (χ4v) is 3.52. The van der Waals surface area contributed by atoms with Gasteiger partial charge in [-0.3, -0.25) is 0 Å². The highest BCUT2D eigenvalue weighted by Gasteiger charge is 2.23. The second kappa shape index (κ2) is 8.13. The Balaban J connectivity index is 1.99. The van der Waals surface area contributed by atoms with E-state index < -0.39 is 18.5 Å². The van der Waals surface area contributed by atoms with Crippen molar-refractivity contribution < 1.29 is 17.9 Å². The summed E-state index contributed by atoms with van der Waals surface area (Å²) in [5.41, 5.74) is 13.4. The molecule has 4 rings (SSSR count). The number of pyridine rings is 1. The summed E-state index contributed by atoms with van der Waals surface area (Å²) in [5, 5.41) is 0. The van der Waals surface area contributed by atoms with Crippen molar-refractivity contribution in [3.63, 3.8) is 0 Å². The fraction of sp³-hybridized carbons (Fsp3) is 0.190. The largest absolute Gasteiger partial charge is 0.482 e. The monoisotopic (exact) mass is 428 g/mol. The molecule has 0 radical (unpaired) electrons. The standard InChI is InChI=1S/C21H19F3N6O/c1-11-16-7-14(22)2-3-15(16)20-27-4-5-30(20)10-13(8-25)18(29-21(23)24)12-6-17(31-11)19(26)28-9-12/h2-9,11,21H,10,25H2,1H3,(H2,26,28). The molecule has 4 N–H and O–H groups in total. The second-order valence-electron chi connectivity index (χ2n) is 6.93. The van der Waals surface area contributed by atoms with Crippen molar-refractivity contribution in [3.05, 3.63) is 71.6 Å². The highest BCUT2D eigenvalue weighted by molar-refractivity contribution is 6.12. The topological polar surface area (TPSA) is 104 Å². The molecule has 1 atom stereocenters. The molecule has 0 amide bonds. The minimum Gasteiger partial charge on any atom is -0.482 e. The van der Waals surface area contributed by atoms with Gasteiger partial charge in [-0.05, 0) is 31.2 Å². The highest BCUT2D eigenvalue weighted by Crippen LogP contribution is 2.34. The molecule has 160 valence electrons. The second-order valence-corrected chi connectivity index (χ2v) is 6.93. The van der Waals surface area contributed by atoms with Crippen molar-refractivity contribution >= 4 is 11.5 Å². The molecule has 7 nitrogen and oxygen atoms in total. The van der Waals surface area contributed by atoms with E-state index in [0.29, 0.717) is 22.5 Å². The number of nitrogens with two attached hydrogens (primary N) is 2. The molecule has 0 fully saturated rings. The average molecular weight is 428 g/mol. The quantitative estimate of drug-likeness (QED) is 0.576. The van der Waals surface area contributed by atoms with Crippen LogP contribution in [0.4, 0.5) is 19.0 Å². The van der Waals surface area contributed by atoms with Crippen LogP contribution in [-0.4, -0.2) is 26.8 Å². The third-order valence-electron chi connectivity index (χ3n) is 4.94. The van der Waals surface area contributed by atoms with Gasteiger partial charge in [0.1, 0.15) is 17.7 Å². The number of hydrogen-bond donors (Lipinski definition) is 2. The normalized spacial score (nSPS) is 18.8. The highest BCUT2D eigenvalue weighted by atomic mass is 19.3. The molecule has 3 heterocycles. The molecule has 0 spiro atoms. The van der Waals surface area contributed by atoms with Gasteiger partial charge in [-0.25, -0.2) is 19.4 Å². The Morgan fingerprint density at radius 2 is 2.10 bits per heavy atom. The maximum Gasteiger partial charge on any atom is 0.332 e. The number of aliphatic imine (C=N–C) groups is 1. The summed E-state index contributed by atoms with van der Waals surface area (Å²) < 4.78 is 48.3. The lowest BCUT2D eigenvalue weighted by molar-refractivity contribution is 0.160. The lowest BCUT2D eigenvalue weighted by Crippen LogP contribution is -2.18. The molecule has 1 aromatic carbocycles. The van der Waals surface area contributed by atoms with E-state index >= 15 is 0 Å². The smallest absolute Gasteiger partial charge is 0.332 e. The van der Waals surface area contributed by atoms with E-state index in [0.717, 1.165) is 0 Å². The van der Waals surface area contributed by atoms with Gasteiger partial charge in [0.2, 0.25) is 0 Å². The first-order chi connectivity index (χ1) is 14.9. The molecule has 0 saturated carbocycles. The van der Waals surface area contributed by atoms with E-state index in [2.05, 4.69) is 15.0 Å². The summed E-state index contributed by atoms with van der Waals surface area (Å²) in [4.78, 5) is 11.9. The maximum absolute atomic E-state index is 14.1. The third-order valence-corrected chi connectivity index (χ3v) is 4.94. The minimum absolute atomic E-state index is 0.0398. The van der Waals surface area contributed by atoms with Crippen LogP contribution in [0.3, 0.4) is 0 Å². The number of halogens is 3. The summed E-state index contributed by atoms with van der Waals surface area (Å²) in [6, 6.07) is 5.74. The van der Waals surface area contributed by atoms with Crippen molar-refractivity contribution in [2.24, 2.45) is 10.7 Å². The van der Waals surface area contributed by atoms with E-state index in [-0.39, 0.29) is 29.4 Å². The number of rotatable bonds is 1. The van der Waals surface area contributed by atoms with Gasteiger partial charge in [0.05, 0.1) is 12.3 Å². The molecule has 1 aliphatic heterocycles. The van der Waals surface area contributed by atoms with Gasteiger partial charge in [-0.1, -0.05) is 0 Å². The van der Waals surface area contributed by atoms with Gasteiger partial charge in [0.15, 0.2) is 11.6 Å². The number of allylic oxidation sites excluding steroid dienone is 1. The SMILES string of the molecule is CC1Oc2cc(cnc2N)C(=NC(F)F)C(=CN)Cn2ccnc2-c2ccc(F)cc21. The zero-order valence-electron chi connectivity index (χ0n) is 16.5. The lowest BCUT2D eigenvalue weighted by atomic mass is 10.0. The number of imidazole rings is 1. The molecule has 3 aromatic rings.